The first kappa shape index (κ1) is 18.0. The molecule has 1 saturated heterocycles. The molecule has 1 aliphatic rings. The van der Waals surface area contributed by atoms with Crippen LogP contribution < -0.4 is 10.2 Å². The van der Waals surface area contributed by atoms with E-state index in [-0.39, 0.29) is 24.6 Å². The third-order valence-corrected chi connectivity index (χ3v) is 4.61. The average molecular weight is 388 g/mol. The summed E-state index contributed by atoms with van der Waals surface area (Å²) in [6, 6.07) is 11.8. The molecule has 1 aromatic heterocycles. The van der Waals surface area contributed by atoms with Crippen molar-refractivity contribution in [1.82, 2.24) is 9.97 Å². The number of imidazole rings is 1. The highest BCUT2D eigenvalue weighted by molar-refractivity contribution is 6.03. The first-order chi connectivity index (χ1) is 13.3. The molecule has 1 fully saturated rings. The summed E-state index contributed by atoms with van der Waals surface area (Å²) in [7, 11) is 0. The minimum absolute atomic E-state index is 0.00616. The molecule has 1 atom stereocenters. The van der Waals surface area contributed by atoms with Crippen LogP contribution in [-0.4, -0.2) is 28.3 Å². The van der Waals surface area contributed by atoms with Gasteiger partial charge in [0.25, 0.3) is 0 Å². The van der Waals surface area contributed by atoms with Crippen LogP contribution in [-0.2, 0) is 15.8 Å². The lowest BCUT2D eigenvalue weighted by Crippen LogP contribution is -2.28. The van der Waals surface area contributed by atoms with Crippen molar-refractivity contribution in [2.75, 3.05) is 16.8 Å². The number of halogens is 3. The maximum atomic E-state index is 12.9. The molecular weight excluding hydrogens is 373 g/mol. The van der Waals surface area contributed by atoms with Crippen LogP contribution in [0.1, 0.15) is 12.0 Å². The zero-order chi connectivity index (χ0) is 19.9. The number of aromatic amines is 1. The van der Waals surface area contributed by atoms with Gasteiger partial charge in [-0.3, -0.25) is 14.9 Å². The van der Waals surface area contributed by atoms with Crippen molar-refractivity contribution in [3.8, 4) is 0 Å². The van der Waals surface area contributed by atoms with Gasteiger partial charge in [-0.1, -0.05) is 18.2 Å². The molecule has 0 bridgehead atoms. The number of carbonyl (C=O) groups excluding carboxylic acids is 2. The van der Waals surface area contributed by atoms with Crippen molar-refractivity contribution in [1.29, 1.82) is 0 Å². The lowest BCUT2D eigenvalue weighted by molar-refractivity contribution is -0.137. The van der Waals surface area contributed by atoms with Crippen molar-refractivity contribution in [2.45, 2.75) is 12.6 Å². The first-order valence-electron chi connectivity index (χ1n) is 8.54. The van der Waals surface area contributed by atoms with Crippen molar-refractivity contribution < 1.29 is 22.8 Å². The van der Waals surface area contributed by atoms with Crippen molar-refractivity contribution >= 4 is 34.5 Å². The maximum Gasteiger partial charge on any atom is 0.416 e. The highest BCUT2D eigenvalue weighted by Gasteiger charge is 2.37. The lowest BCUT2D eigenvalue weighted by Gasteiger charge is -2.18. The van der Waals surface area contributed by atoms with Gasteiger partial charge in [0, 0.05) is 18.7 Å². The van der Waals surface area contributed by atoms with Crippen molar-refractivity contribution in [3.63, 3.8) is 0 Å². The monoisotopic (exact) mass is 388 g/mol. The fourth-order valence-electron chi connectivity index (χ4n) is 3.21. The molecule has 3 aromatic rings. The van der Waals surface area contributed by atoms with Crippen molar-refractivity contribution in [3.05, 3.63) is 54.1 Å². The Balaban J connectivity index is 1.49. The maximum absolute atomic E-state index is 12.9. The minimum Gasteiger partial charge on any atom is -0.324 e. The molecule has 0 unspecified atom stereocenters. The number of benzene rings is 2. The molecule has 2 aromatic carbocycles. The number of amides is 2. The van der Waals surface area contributed by atoms with E-state index in [1.807, 2.05) is 18.2 Å². The Morgan fingerprint density at radius 3 is 2.71 bits per heavy atom. The number of nitrogens with one attached hydrogen (secondary N) is 2. The van der Waals surface area contributed by atoms with Crippen LogP contribution in [0.4, 0.5) is 24.8 Å². The average Bonchev–Trinajstić information content (AvgIpc) is 3.24. The second-order valence-corrected chi connectivity index (χ2v) is 6.55. The van der Waals surface area contributed by atoms with Gasteiger partial charge in [-0.05, 0) is 30.3 Å². The quantitative estimate of drug-likeness (QED) is 0.720. The number of hydrogen-bond acceptors (Lipinski definition) is 3. The van der Waals surface area contributed by atoms with Crippen LogP contribution in [0.3, 0.4) is 0 Å². The SMILES string of the molecule is O=C(Nc1nc2ccccc2[nH]1)[C@H]1CC(=O)N(c2cccc(C(F)(F)F)c2)C1. The molecule has 28 heavy (non-hydrogen) atoms. The van der Waals surface area contributed by atoms with E-state index < -0.39 is 29.5 Å². The van der Waals surface area contributed by atoms with Crippen LogP contribution in [0, 0.1) is 5.92 Å². The van der Waals surface area contributed by atoms with Crippen LogP contribution in [0.25, 0.3) is 11.0 Å². The van der Waals surface area contributed by atoms with Gasteiger partial charge in [-0.2, -0.15) is 13.2 Å². The second-order valence-electron chi connectivity index (χ2n) is 6.55. The number of alkyl halides is 3. The molecule has 6 nitrogen and oxygen atoms in total. The topological polar surface area (TPSA) is 78.1 Å². The molecule has 0 spiro atoms. The Bertz CT molecular complexity index is 1030. The standard InChI is InChI=1S/C19H15F3N4O2/c20-19(21,22)12-4-3-5-13(9-12)26-10-11(8-16(26)27)17(28)25-18-23-14-6-1-2-7-15(14)24-18/h1-7,9,11H,8,10H2,(H2,23,24,25,28)/t11-/m0/s1. The molecule has 2 N–H and O–H groups in total. The molecule has 9 heteroatoms. The Hall–Kier alpha value is -3.36. The molecule has 0 radical (unpaired) electrons. The highest BCUT2D eigenvalue weighted by atomic mass is 19.4. The zero-order valence-electron chi connectivity index (χ0n) is 14.5. The van der Waals surface area contributed by atoms with Crippen LogP contribution >= 0.6 is 0 Å². The minimum atomic E-state index is -4.50. The molecule has 2 heterocycles. The van der Waals surface area contributed by atoms with E-state index in [0.29, 0.717) is 5.52 Å². The largest absolute Gasteiger partial charge is 0.416 e. The fraction of sp³-hybridized carbons (Fsp3) is 0.211. The summed E-state index contributed by atoms with van der Waals surface area (Å²) in [5.41, 5.74) is 0.726. The van der Waals surface area contributed by atoms with E-state index in [0.717, 1.165) is 17.6 Å². The smallest absolute Gasteiger partial charge is 0.324 e. The number of carbonyl (C=O) groups is 2. The van der Waals surface area contributed by atoms with E-state index in [4.69, 9.17) is 0 Å². The third kappa shape index (κ3) is 3.42. The number of fused-ring (bicyclic) bond motifs is 1. The van der Waals surface area contributed by atoms with Gasteiger partial charge in [-0.25, -0.2) is 4.98 Å². The molecule has 1 aliphatic heterocycles. The summed E-state index contributed by atoms with van der Waals surface area (Å²) < 4.78 is 38.7. The van der Waals surface area contributed by atoms with Gasteiger partial charge in [0.05, 0.1) is 22.5 Å². The second kappa shape index (κ2) is 6.66. The van der Waals surface area contributed by atoms with E-state index in [2.05, 4.69) is 15.3 Å². The van der Waals surface area contributed by atoms with Gasteiger partial charge in [0.2, 0.25) is 17.8 Å². The normalized spacial score (nSPS) is 17.3. The number of para-hydroxylation sites is 2. The molecule has 0 aliphatic carbocycles. The van der Waals surface area contributed by atoms with Gasteiger partial charge >= 0.3 is 6.18 Å². The summed E-state index contributed by atoms with van der Waals surface area (Å²) >= 11 is 0. The molecular formula is C19H15F3N4O2. The molecule has 2 amide bonds. The van der Waals surface area contributed by atoms with Gasteiger partial charge in [-0.15, -0.1) is 0 Å². The predicted molar refractivity (Wildman–Crippen MR) is 96.6 cm³/mol. The molecule has 0 saturated carbocycles. The van der Waals surface area contributed by atoms with Crippen molar-refractivity contribution in [2.24, 2.45) is 5.92 Å². The lowest BCUT2D eigenvalue weighted by atomic mass is 10.1. The van der Waals surface area contributed by atoms with Gasteiger partial charge < -0.3 is 9.88 Å². The van der Waals surface area contributed by atoms with Gasteiger partial charge in [0.15, 0.2) is 0 Å². The summed E-state index contributed by atoms with van der Waals surface area (Å²) in [6.45, 7) is 0.00616. The number of aromatic nitrogens is 2. The Morgan fingerprint density at radius 1 is 1.18 bits per heavy atom. The number of hydrogen-bond donors (Lipinski definition) is 2. The van der Waals surface area contributed by atoms with E-state index in [9.17, 15) is 22.8 Å². The first-order valence-corrected chi connectivity index (χ1v) is 8.54. The van der Waals surface area contributed by atoms with Crippen LogP contribution in [0.2, 0.25) is 0 Å². The Morgan fingerprint density at radius 2 is 1.96 bits per heavy atom. The molecule has 4 rings (SSSR count). The van der Waals surface area contributed by atoms with Crippen LogP contribution in [0.15, 0.2) is 48.5 Å². The zero-order valence-corrected chi connectivity index (χ0v) is 14.5. The summed E-state index contributed by atoms with van der Waals surface area (Å²) in [5, 5.41) is 2.64. The third-order valence-electron chi connectivity index (χ3n) is 4.61. The number of nitrogens with zero attached hydrogens (tertiary/aromatic N) is 2. The Labute approximate surface area is 157 Å². The Kier molecular flexibility index (Phi) is 4.29. The molecule has 144 valence electrons. The van der Waals surface area contributed by atoms with E-state index in [1.54, 1.807) is 6.07 Å². The number of rotatable bonds is 3. The predicted octanol–water partition coefficient (Wildman–Crippen LogP) is 3.57. The fourth-order valence-corrected chi connectivity index (χ4v) is 3.21. The number of anilines is 2. The van der Waals surface area contributed by atoms with E-state index >= 15 is 0 Å². The van der Waals surface area contributed by atoms with Gasteiger partial charge in [0.1, 0.15) is 0 Å². The number of H-pyrrole nitrogens is 1. The van der Waals surface area contributed by atoms with Crippen LogP contribution in [0.5, 0.6) is 0 Å². The summed E-state index contributed by atoms with van der Waals surface area (Å²) in [5.74, 6) is -1.24. The summed E-state index contributed by atoms with van der Waals surface area (Å²) in [6.07, 6.45) is -4.58. The summed E-state index contributed by atoms with van der Waals surface area (Å²) in [4.78, 5) is 33.2. The highest BCUT2D eigenvalue weighted by Crippen LogP contribution is 2.33. The van der Waals surface area contributed by atoms with E-state index in [1.165, 1.54) is 17.0 Å².